The third-order valence-corrected chi connectivity index (χ3v) is 4.08. The molecule has 3 heteroatoms. The zero-order valence-corrected chi connectivity index (χ0v) is 12.8. The summed E-state index contributed by atoms with van der Waals surface area (Å²) in [6.45, 7) is 4.70. The van der Waals surface area contributed by atoms with Gasteiger partial charge in [0.1, 0.15) is 6.61 Å². The van der Waals surface area contributed by atoms with Gasteiger partial charge in [0, 0.05) is 12.1 Å². The monoisotopic (exact) mass is 285 g/mol. The van der Waals surface area contributed by atoms with Gasteiger partial charge >= 0.3 is 0 Å². The van der Waals surface area contributed by atoms with E-state index in [4.69, 9.17) is 5.11 Å². The van der Waals surface area contributed by atoms with Gasteiger partial charge in [-0.25, -0.2) is 0 Å². The molecule has 1 amide bonds. The summed E-state index contributed by atoms with van der Waals surface area (Å²) in [6.07, 6.45) is 4.77. The molecule has 2 N–H and O–H groups in total. The van der Waals surface area contributed by atoms with Gasteiger partial charge in [-0.15, -0.1) is 0 Å². The van der Waals surface area contributed by atoms with Crippen molar-refractivity contribution in [3.63, 3.8) is 0 Å². The van der Waals surface area contributed by atoms with Crippen LogP contribution in [-0.4, -0.2) is 24.2 Å². The predicted molar refractivity (Wildman–Crippen MR) is 84.1 cm³/mol. The summed E-state index contributed by atoms with van der Waals surface area (Å²) in [7, 11) is 0. The fraction of sp³-hybridized carbons (Fsp3) is 0.500. The molecule has 0 bridgehead atoms. The highest BCUT2D eigenvalue weighted by Gasteiger charge is 2.41. The summed E-state index contributed by atoms with van der Waals surface area (Å²) >= 11 is 0. The molecule has 0 aromatic heterocycles. The average molecular weight is 285 g/mol. The third-order valence-electron chi connectivity index (χ3n) is 4.08. The molecule has 0 aliphatic heterocycles. The van der Waals surface area contributed by atoms with Gasteiger partial charge in [-0.1, -0.05) is 31.3 Å². The normalized spacial score (nSPS) is 15.0. The molecule has 1 aliphatic rings. The van der Waals surface area contributed by atoms with Crippen molar-refractivity contribution >= 4 is 5.91 Å². The maximum atomic E-state index is 12.4. The fourth-order valence-corrected chi connectivity index (χ4v) is 2.68. The lowest BCUT2D eigenvalue weighted by atomic mass is 10.00. The molecular weight excluding hydrogens is 262 g/mol. The van der Waals surface area contributed by atoms with Crippen LogP contribution in [0.15, 0.2) is 18.2 Å². The summed E-state index contributed by atoms with van der Waals surface area (Å²) < 4.78 is 0. The molecule has 1 fully saturated rings. The van der Waals surface area contributed by atoms with Crippen LogP contribution in [0.25, 0.3) is 0 Å². The van der Waals surface area contributed by atoms with E-state index in [-0.39, 0.29) is 12.5 Å². The van der Waals surface area contributed by atoms with Crippen molar-refractivity contribution in [3.8, 4) is 11.8 Å². The number of hydrogen-bond acceptors (Lipinski definition) is 2. The Morgan fingerprint density at radius 1 is 1.43 bits per heavy atom. The molecule has 2 rings (SSSR count). The summed E-state index contributed by atoms with van der Waals surface area (Å²) in [4.78, 5) is 12.4. The van der Waals surface area contributed by atoms with Gasteiger partial charge in [0.05, 0.1) is 5.56 Å². The average Bonchev–Trinajstić information content (AvgIpc) is 3.23. The van der Waals surface area contributed by atoms with Gasteiger partial charge in [-0.05, 0) is 49.3 Å². The largest absolute Gasteiger partial charge is 0.384 e. The second-order valence-electron chi connectivity index (χ2n) is 5.94. The van der Waals surface area contributed by atoms with Crippen LogP contribution < -0.4 is 5.32 Å². The first-order valence-corrected chi connectivity index (χ1v) is 7.59. The zero-order chi connectivity index (χ0) is 15.3. The van der Waals surface area contributed by atoms with Gasteiger partial charge in [0.25, 0.3) is 5.91 Å². The Morgan fingerprint density at radius 2 is 2.19 bits per heavy atom. The van der Waals surface area contributed by atoms with Crippen LogP contribution in [-0.2, 0) is 0 Å². The Morgan fingerprint density at radius 3 is 2.81 bits per heavy atom. The number of aliphatic hydroxyl groups is 1. The molecule has 21 heavy (non-hydrogen) atoms. The van der Waals surface area contributed by atoms with E-state index in [9.17, 15) is 4.79 Å². The fourth-order valence-electron chi connectivity index (χ4n) is 2.68. The lowest BCUT2D eigenvalue weighted by Crippen LogP contribution is -2.30. The number of aliphatic hydroxyl groups excluding tert-OH is 1. The minimum atomic E-state index is -0.200. The highest BCUT2D eigenvalue weighted by Crippen LogP contribution is 2.48. The van der Waals surface area contributed by atoms with E-state index in [0.29, 0.717) is 16.5 Å². The van der Waals surface area contributed by atoms with Crippen LogP contribution in [0.2, 0.25) is 0 Å². The number of amides is 1. The van der Waals surface area contributed by atoms with Crippen molar-refractivity contribution in [1.82, 2.24) is 5.32 Å². The smallest absolute Gasteiger partial charge is 0.252 e. The van der Waals surface area contributed by atoms with Crippen molar-refractivity contribution in [2.24, 2.45) is 5.41 Å². The Hall–Kier alpha value is -1.79. The molecule has 0 unspecified atom stereocenters. The van der Waals surface area contributed by atoms with Crippen LogP contribution in [0.3, 0.4) is 0 Å². The first-order chi connectivity index (χ1) is 10.1. The van der Waals surface area contributed by atoms with E-state index in [1.807, 2.05) is 25.1 Å². The molecule has 1 aliphatic carbocycles. The van der Waals surface area contributed by atoms with Crippen LogP contribution in [0.4, 0.5) is 0 Å². The van der Waals surface area contributed by atoms with Crippen LogP contribution in [0.1, 0.15) is 54.1 Å². The van der Waals surface area contributed by atoms with Gasteiger partial charge in [0.15, 0.2) is 0 Å². The minimum absolute atomic E-state index is 0.0698. The molecular formula is C18H23NO2. The van der Waals surface area contributed by atoms with Crippen molar-refractivity contribution in [2.75, 3.05) is 13.2 Å². The van der Waals surface area contributed by atoms with Gasteiger partial charge in [-0.3, -0.25) is 4.79 Å². The number of carbonyl (C=O) groups excluding carboxylic acids is 1. The number of nitrogens with one attached hydrogen (secondary N) is 1. The molecule has 1 aromatic carbocycles. The third kappa shape index (κ3) is 4.09. The maximum Gasteiger partial charge on any atom is 0.252 e. The SMILES string of the molecule is CCCC1(CNC(=O)c2ccc(C)cc2C#CCO)CC1. The topological polar surface area (TPSA) is 49.3 Å². The van der Waals surface area contributed by atoms with Crippen molar-refractivity contribution in [3.05, 3.63) is 34.9 Å². The summed E-state index contributed by atoms with van der Waals surface area (Å²) in [6, 6.07) is 5.61. The lowest BCUT2D eigenvalue weighted by Gasteiger charge is -2.15. The molecule has 1 aromatic rings. The minimum Gasteiger partial charge on any atom is -0.384 e. The number of rotatable bonds is 5. The Bertz CT molecular complexity index is 577. The Kier molecular flexibility index (Phi) is 5.03. The van der Waals surface area contributed by atoms with Crippen molar-refractivity contribution < 1.29 is 9.90 Å². The lowest BCUT2D eigenvalue weighted by molar-refractivity contribution is 0.0943. The number of benzene rings is 1. The number of aryl methyl sites for hydroxylation is 1. The van der Waals surface area contributed by atoms with Crippen LogP contribution >= 0.6 is 0 Å². The zero-order valence-electron chi connectivity index (χ0n) is 12.8. The van der Waals surface area contributed by atoms with Gasteiger partial charge < -0.3 is 10.4 Å². The highest BCUT2D eigenvalue weighted by molar-refractivity contribution is 5.96. The van der Waals surface area contributed by atoms with E-state index < -0.39 is 0 Å². The van der Waals surface area contributed by atoms with E-state index >= 15 is 0 Å². The molecule has 0 saturated heterocycles. The van der Waals surface area contributed by atoms with E-state index in [1.165, 1.54) is 19.3 Å². The highest BCUT2D eigenvalue weighted by atomic mass is 16.2. The van der Waals surface area contributed by atoms with E-state index in [1.54, 1.807) is 0 Å². The molecule has 112 valence electrons. The van der Waals surface area contributed by atoms with Crippen molar-refractivity contribution in [1.29, 1.82) is 0 Å². The Labute approximate surface area is 126 Å². The van der Waals surface area contributed by atoms with Gasteiger partial charge in [-0.2, -0.15) is 0 Å². The second-order valence-corrected chi connectivity index (χ2v) is 5.94. The molecule has 0 radical (unpaired) electrons. The van der Waals surface area contributed by atoms with Crippen LogP contribution in [0, 0.1) is 24.2 Å². The second kappa shape index (κ2) is 6.78. The van der Waals surface area contributed by atoms with Crippen LogP contribution in [0.5, 0.6) is 0 Å². The summed E-state index contributed by atoms with van der Waals surface area (Å²) in [5.41, 5.74) is 2.67. The molecule has 0 spiro atoms. The molecule has 1 saturated carbocycles. The number of carbonyl (C=O) groups is 1. The Balaban J connectivity index is 2.08. The quantitative estimate of drug-likeness (QED) is 0.817. The van der Waals surface area contributed by atoms with E-state index in [2.05, 4.69) is 24.1 Å². The molecule has 0 atom stereocenters. The number of hydrogen-bond donors (Lipinski definition) is 2. The first-order valence-electron chi connectivity index (χ1n) is 7.59. The van der Waals surface area contributed by atoms with Gasteiger partial charge in [0.2, 0.25) is 0 Å². The first kappa shape index (κ1) is 15.6. The summed E-state index contributed by atoms with van der Waals surface area (Å²) in [5.74, 6) is 5.41. The molecule has 0 heterocycles. The molecule has 3 nitrogen and oxygen atoms in total. The predicted octanol–water partition coefficient (Wildman–Crippen LogP) is 2.65. The van der Waals surface area contributed by atoms with Crippen molar-refractivity contribution in [2.45, 2.75) is 39.5 Å². The standard InChI is InChI=1S/C18H23NO2/c1-3-8-18(9-10-18)13-19-17(21)16-7-6-14(2)12-15(16)5-4-11-20/h6-7,12,20H,3,8-11,13H2,1-2H3,(H,19,21). The summed E-state index contributed by atoms with van der Waals surface area (Å²) in [5, 5.41) is 11.9. The maximum absolute atomic E-state index is 12.4. The van der Waals surface area contributed by atoms with E-state index in [0.717, 1.165) is 18.5 Å².